The zero-order chi connectivity index (χ0) is 10.4. The molecule has 0 bridgehead atoms. The number of nitrogens with zero attached hydrogens (tertiary/aromatic N) is 1. The van der Waals surface area contributed by atoms with Gasteiger partial charge in [-0.1, -0.05) is 13.8 Å². The summed E-state index contributed by atoms with van der Waals surface area (Å²) in [5, 5.41) is 0. The highest BCUT2D eigenvalue weighted by atomic mass is 16.1. The van der Waals surface area contributed by atoms with E-state index in [2.05, 4.69) is 25.8 Å². The van der Waals surface area contributed by atoms with E-state index < -0.39 is 0 Å². The molecule has 0 atom stereocenters. The van der Waals surface area contributed by atoms with Crippen LogP contribution in [0.15, 0.2) is 0 Å². The van der Waals surface area contributed by atoms with Crippen LogP contribution in [-0.2, 0) is 4.79 Å². The van der Waals surface area contributed by atoms with E-state index in [1.54, 1.807) is 0 Å². The molecule has 2 heteroatoms. The average Bonchev–Trinajstić information content (AvgIpc) is 2.03. The summed E-state index contributed by atoms with van der Waals surface area (Å²) in [5.74, 6) is 0.585. The summed E-state index contributed by atoms with van der Waals surface area (Å²) in [6.07, 6.45) is 1.72. The lowest BCUT2D eigenvalue weighted by molar-refractivity contribution is -0.122. The maximum atomic E-state index is 11.3. The molecule has 78 valence electrons. The van der Waals surface area contributed by atoms with Gasteiger partial charge in [0, 0.05) is 18.4 Å². The summed E-state index contributed by atoms with van der Waals surface area (Å²) in [5.41, 5.74) is 0. The average molecular weight is 185 g/mol. The third-order valence-corrected chi connectivity index (χ3v) is 2.46. The summed E-state index contributed by atoms with van der Waals surface area (Å²) < 4.78 is 0. The lowest BCUT2D eigenvalue weighted by atomic mass is 10.0. The second-order valence-corrected chi connectivity index (χ2v) is 4.30. The largest absolute Gasteiger partial charge is 0.304 e. The SMILES string of the molecule is CC(C)C(=O)CCCN(C)C(C)C. The van der Waals surface area contributed by atoms with Gasteiger partial charge in [-0.3, -0.25) is 4.79 Å². The maximum Gasteiger partial charge on any atom is 0.135 e. The van der Waals surface area contributed by atoms with E-state index in [1.807, 2.05) is 13.8 Å². The molecule has 0 aliphatic rings. The van der Waals surface area contributed by atoms with Crippen molar-refractivity contribution >= 4 is 5.78 Å². The van der Waals surface area contributed by atoms with Crippen molar-refractivity contribution in [3.63, 3.8) is 0 Å². The first-order valence-corrected chi connectivity index (χ1v) is 5.18. The van der Waals surface area contributed by atoms with Gasteiger partial charge in [0.25, 0.3) is 0 Å². The van der Waals surface area contributed by atoms with Crippen LogP contribution in [0.1, 0.15) is 40.5 Å². The molecule has 0 unspecified atom stereocenters. The van der Waals surface area contributed by atoms with E-state index in [0.717, 1.165) is 19.4 Å². The summed E-state index contributed by atoms with van der Waals surface area (Å²) in [6, 6.07) is 0.578. The Kier molecular flexibility index (Phi) is 5.97. The van der Waals surface area contributed by atoms with E-state index in [9.17, 15) is 4.79 Å². The fourth-order valence-electron chi connectivity index (χ4n) is 1.05. The van der Waals surface area contributed by atoms with Gasteiger partial charge in [-0.15, -0.1) is 0 Å². The number of ketones is 1. The molecule has 0 heterocycles. The normalized spacial score (nSPS) is 11.7. The highest BCUT2D eigenvalue weighted by molar-refractivity contribution is 5.80. The topological polar surface area (TPSA) is 20.3 Å². The van der Waals surface area contributed by atoms with Crippen molar-refractivity contribution in [2.75, 3.05) is 13.6 Å². The molecule has 0 rings (SSSR count). The van der Waals surface area contributed by atoms with Crippen LogP contribution in [0.2, 0.25) is 0 Å². The van der Waals surface area contributed by atoms with E-state index in [4.69, 9.17) is 0 Å². The van der Waals surface area contributed by atoms with Crippen LogP contribution in [0.3, 0.4) is 0 Å². The fourth-order valence-corrected chi connectivity index (χ4v) is 1.05. The molecule has 0 amide bonds. The van der Waals surface area contributed by atoms with Crippen molar-refractivity contribution < 1.29 is 4.79 Å². The molecule has 0 N–H and O–H groups in total. The number of Topliss-reactive ketones (excluding diaryl/α,β-unsaturated/α-hetero) is 1. The number of carbonyl (C=O) groups excluding carboxylic acids is 1. The molecular formula is C11H23NO. The van der Waals surface area contributed by atoms with Crippen molar-refractivity contribution in [2.45, 2.75) is 46.6 Å². The highest BCUT2D eigenvalue weighted by Gasteiger charge is 2.08. The summed E-state index contributed by atoms with van der Waals surface area (Å²) in [6.45, 7) is 9.30. The summed E-state index contributed by atoms with van der Waals surface area (Å²) in [7, 11) is 2.10. The molecule has 0 aliphatic heterocycles. The summed E-state index contributed by atoms with van der Waals surface area (Å²) in [4.78, 5) is 13.5. The molecule has 0 aromatic heterocycles. The molecule has 0 aliphatic carbocycles. The maximum absolute atomic E-state index is 11.3. The number of hydrogen-bond acceptors (Lipinski definition) is 2. The number of carbonyl (C=O) groups is 1. The monoisotopic (exact) mass is 185 g/mol. The van der Waals surface area contributed by atoms with Crippen LogP contribution < -0.4 is 0 Å². The minimum atomic E-state index is 0.198. The van der Waals surface area contributed by atoms with Crippen LogP contribution >= 0.6 is 0 Å². The minimum absolute atomic E-state index is 0.198. The van der Waals surface area contributed by atoms with Crippen molar-refractivity contribution in [1.82, 2.24) is 4.90 Å². The second-order valence-electron chi connectivity index (χ2n) is 4.30. The van der Waals surface area contributed by atoms with Gasteiger partial charge < -0.3 is 4.90 Å². The van der Waals surface area contributed by atoms with Crippen molar-refractivity contribution in [3.8, 4) is 0 Å². The van der Waals surface area contributed by atoms with Gasteiger partial charge in [0.1, 0.15) is 5.78 Å². The molecule has 0 radical (unpaired) electrons. The Hall–Kier alpha value is -0.370. The van der Waals surface area contributed by atoms with Gasteiger partial charge in [0.05, 0.1) is 0 Å². The van der Waals surface area contributed by atoms with Crippen LogP contribution in [0.4, 0.5) is 0 Å². The lowest BCUT2D eigenvalue weighted by Gasteiger charge is -2.20. The van der Waals surface area contributed by atoms with Crippen LogP contribution in [0.25, 0.3) is 0 Å². The Bertz CT molecular complexity index is 152. The van der Waals surface area contributed by atoms with E-state index in [0.29, 0.717) is 11.8 Å². The smallest absolute Gasteiger partial charge is 0.135 e. The molecular weight excluding hydrogens is 162 g/mol. The third kappa shape index (κ3) is 5.81. The number of hydrogen-bond donors (Lipinski definition) is 0. The van der Waals surface area contributed by atoms with Gasteiger partial charge in [-0.05, 0) is 33.9 Å². The minimum Gasteiger partial charge on any atom is -0.304 e. The Morgan fingerprint density at radius 1 is 1.23 bits per heavy atom. The predicted molar refractivity (Wildman–Crippen MR) is 56.8 cm³/mol. The molecule has 0 saturated heterocycles. The first-order chi connectivity index (χ1) is 5.95. The fraction of sp³-hybridized carbons (Fsp3) is 0.909. The van der Waals surface area contributed by atoms with Crippen molar-refractivity contribution in [2.24, 2.45) is 5.92 Å². The quantitative estimate of drug-likeness (QED) is 0.633. The molecule has 0 spiro atoms. The van der Waals surface area contributed by atoms with Gasteiger partial charge >= 0.3 is 0 Å². The van der Waals surface area contributed by atoms with Gasteiger partial charge in [-0.25, -0.2) is 0 Å². The molecule has 0 saturated carbocycles. The van der Waals surface area contributed by atoms with Gasteiger partial charge in [0.2, 0.25) is 0 Å². The first kappa shape index (κ1) is 12.6. The molecule has 13 heavy (non-hydrogen) atoms. The van der Waals surface area contributed by atoms with Gasteiger partial charge in [0.15, 0.2) is 0 Å². The standard InChI is InChI=1S/C11H23NO/c1-9(2)11(13)7-6-8-12(5)10(3)4/h9-10H,6-8H2,1-5H3. The third-order valence-electron chi connectivity index (χ3n) is 2.46. The lowest BCUT2D eigenvalue weighted by Crippen LogP contribution is -2.27. The van der Waals surface area contributed by atoms with Crippen molar-refractivity contribution in [1.29, 1.82) is 0 Å². The molecule has 0 aromatic rings. The number of rotatable bonds is 6. The Balaban J connectivity index is 3.51. The Labute approximate surface area is 82.3 Å². The molecule has 0 aromatic carbocycles. The summed E-state index contributed by atoms with van der Waals surface area (Å²) >= 11 is 0. The van der Waals surface area contributed by atoms with E-state index >= 15 is 0 Å². The molecule has 0 fully saturated rings. The van der Waals surface area contributed by atoms with Crippen LogP contribution in [0.5, 0.6) is 0 Å². The predicted octanol–water partition coefficient (Wildman–Crippen LogP) is 2.33. The van der Waals surface area contributed by atoms with Gasteiger partial charge in [-0.2, -0.15) is 0 Å². The van der Waals surface area contributed by atoms with Crippen LogP contribution in [-0.4, -0.2) is 30.3 Å². The zero-order valence-electron chi connectivity index (χ0n) is 9.63. The highest BCUT2D eigenvalue weighted by Crippen LogP contribution is 2.03. The van der Waals surface area contributed by atoms with Crippen LogP contribution in [0, 0.1) is 5.92 Å². The molecule has 2 nitrogen and oxygen atoms in total. The second kappa shape index (κ2) is 6.14. The van der Waals surface area contributed by atoms with E-state index in [1.165, 1.54) is 0 Å². The zero-order valence-corrected chi connectivity index (χ0v) is 9.63. The Morgan fingerprint density at radius 3 is 2.15 bits per heavy atom. The van der Waals surface area contributed by atoms with E-state index in [-0.39, 0.29) is 5.92 Å². The van der Waals surface area contributed by atoms with Crippen molar-refractivity contribution in [3.05, 3.63) is 0 Å². The first-order valence-electron chi connectivity index (χ1n) is 5.18. The Morgan fingerprint density at radius 2 is 1.77 bits per heavy atom.